The van der Waals surface area contributed by atoms with Crippen molar-refractivity contribution < 1.29 is 14.3 Å². The van der Waals surface area contributed by atoms with Gasteiger partial charge in [-0.2, -0.15) is 0 Å². The summed E-state index contributed by atoms with van der Waals surface area (Å²) in [6, 6.07) is 14.3. The fraction of sp³-hybridized carbons (Fsp3) is 0.462. The van der Waals surface area contributed by atoms with Crippen molar-refractivity contribution in [2.75, 3.05) is 57.2 Å². The molecule has 0 aliphatic carbocycles. The molecule has 0 unspecified atom stereocenters. The summed E-state index contributed by atoms with van der Waals surface area (Å²) in [5.41, 5.74) is 2.15. The van der Waals surface area contributed by atoms with Crippen molar-refractivity contribution in [2.24, 2.45) is 0 Å². The van der Waals surface area contributed by atoms with Gasteiger partial charge in [0.05, 0.1) is 30.5 Å². The topological polar surface area (TPSA) is 54.9 Å². The summed E-state index contributed by atoms with van der Waals surface area (Å²) >= 11 is 3.39. The fourth-order valence-corrected chi connectivity index (χ4v) is 5.95. The number of nitrogens with zero attached hydrogens (tertiary/aromatic N) is 3. The van der Waals surface area contributed by atoms with Crippen LogP contribution in [0.4, 0.5) is 5.13 Å². The van der Waals surface area contributed by atoms with E-state index in [4.69, 9.17) is 14.5 Å². The molecule has 1 aliphatic heterocycles. The number of thiazole rings is 1. The van der Waals surface area contributed by atoms with E-state index < -0.39 is 0 Å². The lowest BCUT2D eigenvalue weighted by atomic mass is 10.2. The number of ether oxygens (including phenoxy) is 2. The Balaban J connectivity index is 0.00000342. The van der Waals surface area contributed by atoms with E-state index in [1.165, 1.54) is 4.90 Å². The van der Waals surface area contributed by atoms with Crippen molar-refractivity contribution in [1.82, 2.24) is 9.88 Å². The number of aromatic nitrogens is 1. The van der Waals surface area contributed by atoms with Crippen LogP contribution in [0.1, 0.15) is 24.8 Å². The molecule has 1 saturated heterocycles. The van der Waals surface area contributed by atoms with Gasteiger partial charge in [-0.05, 0) is 61.4 Å². The molecule has 0 atom stereocenters. The Morgan fingerprint density at radius 3 is 2.66 bits per heavy atom. The number of halogens is 1. The third kappa shape index (κ3) is 7.82. The van der Waals surface area contributed by atoms with Crippen LogP contribution in [-0.4, -0.2) is 68.0 Å². The molecule has 0 radical (unpaired) electrons. The number of morpholine rings is 1. The van der Waals surface area contributed by atoms with Crippen molar-refractivity contribution in [3.05, 3.63) is 48.0 Å². The van der Waals surface area contributed by atoms with E-state index in [1.54, 1.807) is 30.2 Å². The Kier molecular flexibility index (Phi) is 11.1. The minimum atomic E-state index is 0. The molecule has 4 rings (SSSR count). The highest BCUT2D eigenvalue weighted by Gasteiger charge is 2.20. The van der Waals surface area contributed by atoms with E-state index >= 15 is 0 Å². The van der Waals surface area contributed by atoms with Gasteiger partial charge in [-0.1, -0.05) is 23.5 Å². The SMILES string of the molecule is COc1ccc(SCCCC(=O)N(CCCN2CCOCC2)c2nc3c(C)cccc3s2)cc1.Cl. The molecule has 0 saturated carbocycles. The number of rotatable bonds is 11. The molecule has 6 nitrogen and oxygen atoms in total. The van der Waals surface area contributed by atoms with E-state index in [-0.39, 0.29) is 18.3 Å². The number of fused-ring (bicyclic) bond motifs is 1. The van der Waals surface area contributed by atoms with Crippen LogP contribution in [0.2, 0.25) is 0 Å². The van der Waals surface area contributed by atoms with Crippen LogP contribution in [0, 0.1) is 6.92 Å². The highest BCUT2D eigenvalue weighted by molar-refractivity contribution is 7.99. The first-order chi connectivity index (χ1) is 16.6. The largest absolute Gasteiger partial charge is 0.497 e. The number of aryl methyl sites for hydroxylation is 1. The zero-order valence-electron chi connectivity index (χ0n) is 20.4. The third-order valence-corrected chi connectivity index (χ3v) is 8.11. The molecule has 190 valence electrons. The zero-order valence-corrected chi connectivity index (χ0v) is 22.9. The van der Waals surface area contributed by atoms with Gasteiger partial charge in [0.25, 0.3) is 0 Å². The van der Waals surface area contributed by atoms with Crippen LogP contribution < -0.4 is 9.64 Å². The Hall–Kier alpha value is -1.84. The Bertz CT molecular complexity index is 1070. The molecule has 1 aromatic heterocycles. The molecule has 1 aliphatic rings. The summed E-state index contributed by atoms with van der Waals surface area (Å²) in [4.78, 5) is 23.7. The van der Waals surface area contributed by atoms with Crippen LogP contribution in [0.15, 0.2) is 47.4 Å². The van der Waals surface area contributed by atoms with E-state index in [0.717, 1.165) is 78.1 Å². The number of carbonyl (C=O) groups excluding carboxylic acids is 1. The number of methoxy groups -OCH3 is 1. The lowest BCUT2D eigenvalue weighted by Crippen LogP contribution is -2.39. The summed E-state index contributed by atoms with van der Waals surface area (Å²) in [5, 5.41) is 0.819. The van der Waals surface area contributed by atoms with Gasteiger partial charge in [-0.25, -0.2) is 4.98 Å². The quantitative estimate of drug-likeness (QED) is 0.233. The van der Waals surface area contributed by atoms with E-state index in [9.17, 15) is 4.79 Å². The zero-order chi connectivity index (χ0) is 23.8. The minimum absolute atomic E-state index is 0. The lowest BCUT2D eigenvalue weighted by molar-refractivity contribution is -0.118. The maximum Gasteiger partial charge on any atom is 0.228 e. The number of anilines is 1. The number of para-hydroxylation sites is 1. The van der Waals surface area contributed by atoms with Gasteiger partial charge in [0.15, 0.2) is 5.13 Å². The molecular formula is C26H34ClN3O3S2. The Labute approximate surface area is 222 Å². The van der Waals surface area contributed by atoms with Gasteiger partial charge >= 0.3 is 0 Å². The van der Waals surface area contributed by atoms with Crippen molar-refractivity contribution in [3.63, 3.8) is 0 Å². The molecule has 0 spiro atoms. The lowest BCUT2D eigenvalue weighted by Gasteiger charge is -2.27. The first-order valence-electron chi connectivity index (χ1n) is 11.9. The second kappa shape index (κ2) is 14.0. The maximum absolute atomic E-state index is 13.3. The van der Waals surface area contributed by atoms with Crippen molar-refractivity contribution in [3.8, 4) is 5.75 Å². The predicted molar refractivity (Wildman–Crippen MR) is 149 cm³/mol. The van der Waals surface area contributed by atoms with Gasteiger partial charge in [-0.3, -0.25) is 14.6 Å². The smallest absolute Gasteiger partial charge is 0.228 e. The molecule has 2 aromatic carbocycles. The van der Waals surface area contributed by atoms with E-state index in [1.807, 2.05) is 17.0 Å². The van der Waals surface area contributed by atoms with Crippen LogP contribution >= 0.6 is 35.5 Å². The van der Waals surface area contributed by atoms with Crippen LogP contribution in [0.25, 0.3) is 10.2 Å². The molecule has 9 heteroatoms. The van der Waals surface area contributed by atoms with Gasteiger partial charge in [0.2, 0.25) is 5.91 Å². The van der Waals surface area contributed by atoms with Crippen molar-refractivity contribution >= 4 is 56.8 Å². The van der Waals surface area contributed by atoms with Crippen molar-refractivity contribution in [1.29, 1.82) is 0 Å². The van der Waals surface area contributed by atoms with Gasteiger partial charge in [0.1, 0.15) is 5.75 Å². The van der Waals surface area contributed by atoms with Gasteiger partial charge < -0.3 is 9.47 Å². The minimum Gasteiger partial charge on any atom is -0.497 e. The number of hydrogen-bond donors (Lipinski definition) is 0. The third-order valence-electron chi connectivity index (χ3n) is 5.96. The van der Waals surface area contributed by atoms with Crippen LogP contribution in [0.5, 0.6) is 5.75 Å². The maximum atomic E-state index is 13.3. The molecule has 0 bridgehead atoms. The summed E-state index contributed by atoms with van der Waals surface area (Å²) in [6.45, 7) is 7.28. The summed E-state index contributed by atoms with van der Waals surface area (Å²) in [6.07, 6.45) is 2.29. The first kappa shape index (κ1) is 27.7. The highest BCUT2D eigenvalue weighted by Crippen LogP contribution is 2.31. The first-order valence-corrected chi connectivity index (χ1v) is 13.7. The number of amides is 1. The Morgan fingerprint density at radius 1 is 1.17 bits per heavy atom. The summed E-state index contributed by atoms with van der Waals surface area (Å²) in [7, 11) is 1.67. The van der Waals surface area contributed by atoms with Crippen LogP contribution in [0.3, 0.4) is 0 Å². The predicted octanol–water partition coefficient (Wildman–Crippen LogP) is 5.66. The highest BCUT2D eigenvalue weighted by atomic mass is 35.5. The standard InChI is InChI=1S/C26H33N3O3S2.ClH/c1-20-6-3-7-23-25(20)27-26(34-23)29(14-5-13-28-15-17-32-18-16-28)24(30)8-4-19-33-22-11-9-21(31-2)10-12-22;/h3,6-7,9-12H,4-5,8,13-19H2,1-2H3;1H. The normalized spacial score (nSPS) is 14.0. The number of thioether (sulfide) groups is 1. The number of carbonyl (C=O) groups is 1. The number of benzene rings is 2. The molecule has 3 aromatic rings. The summed E-state index contributed by atoms with van der Waals surface area (Å²) < 4.78 is 11.8. The van der Waals surface area contributed by atoms with Gasteiger partial charge in [-0.15, -0.1) is 24.2 Å². The van der Waals surface area contributed by atoms with E-state index in [2.05, 4.69) is 42.2 Å². The summed E-state index contributed by atoms with van der Waals surface area (Å²) in [5.74, 6) is 1.92. The molecule has 0 N–H and O–H groups in total. The van der Waals surface area contributed by atoms with Crippen molar-refractivity contribution in [2.45, 2.75) is 31.1 Å². The Morgan fingerprint density at radius 2 is 1.94 bits per heavy atom. The van der Waals surface area contributed by atoms with Crippen LogP contribution in [-0.2, 0) is 9.53 Å². The molecule has 35 heavy (non-hydrogen) atoms. The second-order valence-electron chi connectivity index (χ2n) is 8.40. The van der Waals surface area contributed by atoms with Gasteiger partial charge in [0, 0.05) is 37.5 Å². The molecular weight excluding hydrogens is 502 g/mol. The average Bonchev–Trinajstić information content (AvgIpc) is 3.31. The second-order valence-corrected chi connectivity index (χ2v) is 10.6. The van der Waals surface area contributed by atoms with E-state index in [0.29, 0.717) is 13.0 Å². The fourth-order valence-electron chi connectivity index (χ4n) is 4.01. The molecule has 2 heterocycles. The molecule has 1 fully saturated rings. The average molecular weight is 536 g/mol. The monoisotopic (exact) mass is 535 g/mol. The number of hydrogen-bond acceptors (Lipinski definition) is 7. The molecule has 1 amide bonds.